The summed E-state index contributed by atoms with van der Waals surface area (Å²) >= 11 is 1.77. The van der Waals surface area contributed by atoms with E-state index in [9.17, 15) is 0 Å². The van der Waals surface area contributed by atoms with Crippen LogP contribution >= 0.6 is 11.8 Å². The van der Waals surface area contributed by atoms with Crippen molar-refractivity contribution in [1.82, 2.24) is 0 Å². The van der Waals surface area contributed by atoms with E-state index in [2.05, 4.69) is 18.4 Å². The topological polar surface area (TPSA) is 13.1 Å². The Hall–Kier alpha value is -1.15. The molecule has 0 atom stereocenters. The molecule has 1 aromatic carbocycles. The fourth-order valence-corrected chi connectivity index (χ4v) is 1.79. The largest absolute Gasteiger partial charge is 0.460 e. The van der Waals surface area contributed by atoms with E-state index >= 15 is 0 Å². The molecule has 72 valence electrons. The third-order valence-electron chi connectivity index (χ3n) is 2.01. The maximum atomic E-state index is 5.69. The van der Waals surface area contributed by atoms with Gasteiger partial charge < -0.3 is 4.42 Å². The Labute approximate surface area is 88.1 Å². The molecular weight excluding hydrogens is 192 g/mol. The van der Waals surface area contributed by atoms with Crippen molar-refractivity contribution in [3.63, 3.8) is 0 Å². The van der Waals surface area contributed by atoms with Gasteiger partial charge in [-0.3, -0.25) is 0 Å². The van der Waals surface area contributed by atoms with Crippen LogP contribution in [-0.4, -0.2) is 6.26 Å². The quantitative estimate of drug-likeness (QED) is 0.754. The fraction of sp³-hybridized carbons (Fsp3) is 0.167. The molecule has 0 saturated heterocycles. The standard InChI is InChI=1S/C12H12OS/c1-14-9-11-7-8-12(13-11)10-5-3-2-4-6-10/h2-8H,9H2,1H3. The Bertz CT molecular complexity index is 392. The van der Waals surface area contributed by atoms with Crippen LogP contribution in [0.5, 0.6) is 0 Å². The van der Waals surface area contributed by atoms with Crippen LogP contribution in [0.3, 0.4) is 0 Å². The number of hydrogen-bond acceptors (Lipinski definition) is 2. The first-order valence-electron chi connectivity index (χ1n) is 4.53. The van der Waals surface area contributed by atoms with Crippen LogP contribution in [0.25, 0.3) is 11.3 Å². The summed E-state index contributed by atoms with van der Waals surface area (Å²) in [5.41, 5.74) is 1.14. The molecule has 0 aliphatic heterocycles. The van der Waals surface area contributed by atoms with E-state index < -0.39 is 0 Å². The molecule has 0 N–H and O–H groups in total. The molecule has 0 aliphatic carbocycles. The van der Waals surface area contributed by atoms with Gasteiger partial charge in [0, 0.05) is 5.56 Å². The van der Waals surface area contributed by atoms with E-state index in [0.717, 1.165) is 22.8 Å². The molecule has 0 fully saturated rings. The predicted octanol–water partition coefficient (Wildman–Crippen LogP) is 3.81. The maximum Gasteiger partial charge on any atom is 0.134 e. The molecule has 14 heavy (non-hydrogen) atoms. The molecule has 0 aliphatic rings. The van der Waals surface area contributed by atoms with Crippen molar-refractivity contribution in [3.8, 4) is 11.3 Å². The minimum atomic E-state index is 0.937. The molecule has 0 bridgehead atoms. The maximum absolute atomic E-state index is 5.69. The Morgan fingerprint density at radius 2 is 1.86 bits per heavy atom. The molecule has 0 amide bonds. The summed E-state index contributed by atoms with van der Waals surface area (Å²) in [5, 5.41) is 0. The first-order chi connectivity index (χ1) is 6.90. The van der Waals surface area contributed by atoms with Gasteiger partial charge in [-0.2, -0.15) is 11.8 Å². The molecule has 0 radical (unpaired) electrons. The zero-order valence-corrected chi connectivity index (χ0v) is 8.88. The first-order valence-corrected chi connectivity index (χ1v) is 5.92. The molecule has 2 rings (SSSR count). The Kier molecular flexibility index (Phi) is 2.94. The van der Waals surface area contributed by atoms with Gasteiger partial charge in [-0.15, -0.1) is 0 Å². The molecule has 1 heterocycles. The fourth-order valence-electron chi connectivity index (χ4n) is 1.36. The summed E-state index contributed by atoms with van der Waals surface area (Å²) in [6.45, 7) is 0. The van der Waals surface area contributed by atoms with Crippen molar-refractivity contribution in [2.24, 2.45) is 0 Å². The minimum absolute atomic E-state index is 0.937. The molecule has 0 unspecified atom stereocenters. The highest BCUT2D eigenvalue weighted by Gasteiger charge is 2.02. The van der Waals surface area contributed by atoms with Crippen molar-refractivity contribution in [2.45, 2.75) is 5.75 Å². The van der Waals surface area contributed by atoms with Crippen LogP contribution in [0.1, 0.15) is 5.76 Å². The second-order valence-electron chi connectivity index (χ2n) is 3.06. The van der Waals surface area contributed by atoms with E-state index in [1.54, 1.807) is 11.8 Å². The summed E-state index contributed by atoms with van der Waals surface area (Å²) in [4.78, 5) is 0. The summed E-state index contributed by atoms with van der Waals surface area (Å²) < 4.78 is 5.69. The van der Waals surface area contributed by atoms with E-state index in [1.165, 1.54) is 0 Å². The molecule has 2 aromatic rings. The highest BCUT2D eigenvalue weighted by Crippen LogP contribution is 2.23. The lowest BCUT2D eigenvalue weighted by molar-refractivity contribution is 0.544. The van der Waals surface area contributed by atoms with E-state index in [0.29, 0.717) is 0 Å². The molecule has 2 heteroatoms. The van der Waals surface area contributed by atoms with Crippen LogP contribution in [0.2, 0.25) is 0 Å². The highest BCUT2D eigenvalue weighted by molar-refractivity contribution is 7.97. The summed E-state index contributed by atoms with van der Waals surface area (Å²) in [7, 11) is 0. The summed E-state index contributed by atoms with van der Waals surface area (Å²) in [5.74, 6) is 2.93. The zero-order valence-electron chi connectivity index (χ0n) is 8.07. The van der Waals surface area contributed by atoms with Gasteiger partial charge in [0.2, 0.25) is 0 Å². The van der Waals surface area contributed by atoms with Crippen LogP contribution < -0.4 is 0 Å². The average Bonchev–Trinajstić information content (AvgIpc) is 2.68. The second kappa shape index (κ2) is 4.38. The lowest BCUT2D eigenvalue weighted by Gasteiger charge is -1.95. The van der Waals surface area contributed by atoms with Crippen LogP contribution in [-0.2, 0) is 5.75 Å². The normalized spacial score (nSPS) is 10.4. The lowest BCUT2D eigenvalue weighted by atomic mass is 10.2. The first kappa shape index (κ1) is 9.41. The van der Waals surface area contributed by atoms with Crippen LogP contribution in [0, 0.1) is 0 Å². The Balaban J connectivity index is 2.25. The number of thioether (sulfide) groups is 1. The smallest absolute Gasteiger partial charge is 0.134 e. The summed E-state index contributed by atoms with van der Waals surface area (Å²) in [6.07, 6.45) is 2.07. The van der Waals surface area contributed by atoms with Crippen molar-refractivity contribution in [2.75, 3.05) is 6.26 Å². The zero-order chi connectivity index (χ0) is 9.80. The van der Waals surface area contributed by atoms with Crippen molar-refractivity contribution in [3.05, 3.63) is 48.2 Å². The molecule has 1 aromatic heterocycles. The summed E-state index contributed by atoms with van der Waals surface area (Å²) in [6, 6.07) is 14.2. The Morgan fingerprint density at radius 1 is 1.07 bits per heavy atom. The number of hydrogen-bond donors (Lipinski definition) is 0. The molecule has 0 saturated carbocycles. The average molecular weight is 204 g/mol. The third-order valence-corrected chi connectivity index (χ3v) is 2.58. The second-order valence-corrected chi connectivity index (χ2v) is 3.93. The molecule has 0 spiro atoms. The van der Waals surface area contributed by atoms with Gasteiger partial charge in [0.25, 0.3) is 0 Å². The van der Waals surface area contributed by atoms with Gasteiger partial charge in [0.05, 0.1) is 5.75 Å². The van der Waals surface area contributed by atoms with Gasteiger partial charge in [0.15, 0.2) is 0 Å². The van der Waals surface area contributed by atoms with Crippen molar-refractivity contribution in [1.29, 1.82) is 0 Å². The number of rotatable bonds is 3. The number of benzene rings is 1. The van der Waals surface area contributed by atoms with E-state index in [1.807, 2.05) is 30.3 Å². The lowest BCUT2D eigenvalue weighted by Crippen LogP contribution is -1.72. The molecule has 1 nitrogen and oxygen atoms in total. The monoisotopic (exact) mass is 204 g/mol. The van der Waals surface area contributed by atoms with Gasteiger partial charge in [-0.25, -0.2) is 0 Å². The number of furan rings is 1. The molecular formula is C12H12OS. The van der Waals surface area contributed by atoms with Crippen LogP contribution in [0.15, 0.2) is 46.9 Å². The minimum Gasteiger partial charge on any atom is -0.460 e. The third kappa shape index (κ3) is 2.02. The Morgan fingerprint density at radius 3 is 2.57 bits per heavy atom. The van der Waals surface area contributed by atoms with Gasteiger partial charge in [-0.05, 0) is 18.4 Å². The van der Waals surface area contributed by atoms with Gasteiger partial charge in [-0.1, -0.05) is 30.3 Å². The van der Waals surface area contributed by atoms with E-state index in [-0.39, 0.29) is 0 Å². The van der Waals surface area contributed by atoms with Crippen LogP contribution in [0.4, 0.5) is 0 Å². The van der Waals surface area contributed by atoms with Gasteiger partial charge >= 0.3 is 0 Å². The van der Waals surface area contributed by atoms with E-state index in [4.69, 9.17) is 4.42 Å². The highest BCUT2D eigenvalue weighted by atomic mass is 32.2. The SMILES string of the molecule is CSCc1ccc(-c2ccccc2)o1. The predicted molar refractivity (Wildman–Crippen MR) is 61.4 cm³/mol. The van der Waals surface area contributed by atoms with Crippen molar-refractivity contribution < 1.29 is 4.42 Å². The van der Waals surface area contributed by atoms with Crippen molar-refractivity contribution >= 4 is 11.8 Å². The van der Waals surface area contributed by atoms with Gasteiger partial charge in [0.1, 0.15) is 11.5 Å².